The van der Waals surface area contributed by atoms with E-state index < -0.39 is 0 Å². The molecule has 8 heteroatoms. The first kappa shape index (κ1) is 22.4. The number of likely N-dealkylation sites (N-methyl/N-ethyl adjacent to an activating group) is 1. The monoisotopic (exact) mass is 468 g/mol. The van der Waals surface area contributed by atoms with E-state index in [0.717, 1.165) is 52.0 Å². The summed E-state index contributed by atoms with van der Waals surface area (Å²) in [7, 11) is 3.48. The number of hydrogen-bond donors (Lipinski definition) is 2. The predicted molar refractivity (Wildman–Crippen MR) is 110 cm³/mol. The Morgan fingerprint density at radius 1 is 1.08 bits per heavy atom. The van der Waals surface area contributed by atoms with Gasteiger partial charge >= 0.3 is 0 Å². The molecule has 2 heterocycles. The summed E-state index contributed by atoms with van der Waals surface area (Å²) in [4.78, 5) is 17.7. The van der Waals surface area contributed by atoms with Crippen molar-refractivity contribution in [2.24, 2.45) is 4.99 Å². The lowest BCUT2D eigenvalue weighted by Gasteiger charge is -2.23. The molecule has 2 atom stereocenters. The molecule has 0 aromatic heterocycles. The topological polar surface area (TPSA) is 75.2 Å². The minimum Gasteiger partial charge on any atom is -0.378 e. The SMILES string of the molecule is CN(C)C(=O)CN=C(NCCC1CCCCO1)NCC1CCCO1.I. The molecular formula is C17H33IN4O3. The highest BCUT2D eigenvalue weighted by molar-refractivity contribution is 14.0. The molecule has 0 aromatic carbocycles. The number of guanidine groups is 1. The van der Waals surface area contributed by atoms with E-state index in [9.17, 15) is 4.79 Å². The number of aliphatic imine (C=N–C) groups is 1. The Kier molecular flexibility index (Phi) is 11.4. The van der Waals surface area contributed by atoms with Crippen LogP contribution in [0.25, 0.3) is 0 Å². The van der Waals surface area contributed by atoms with Crippen LogP contribution in [-0.2, 0) is 14.3 Å². The van der Waals surface area contributed by atoms with Gasteiger partial charge in [0.25, 0.3) is 0 Å². The first-order valence-electron chi connectivity index (χ1n) is 9.10. The third kappa shape index (κ3) is 9.05. The molecule has 2 fully saturated rings. The largest absolute Gasteiger partial charge is 0.378 e. The van der Waals surface area contributed by atoms with Crippen LogP contribution in [0.15, 0.2) is 4.99 Å². The van der Waals surface area contributed by atoms with Gasteiger partial charge in [-0.3, -0.25) is 4.79 Å². The van der Waals surface area contributed by atoms with E-state index in [1.54, 1.807) is 19.0 Å². The summed E-state index contributed by atoms with van der Waals surface area (Å²) in [6.45, 7) is 3.37. The standard InChI is InChI=1S/C17H32N4O3.HI/c1-21(2)16(22)13-20-17(19-12-15-7-5-11-24-15)18-9-8-14-6-3-4-10-23-14;/h14-15H,3-13H2,1-2H3,(H2,18,19,20);1H. The van der Waals surface area contributed by atoms with Gasteiger partial charge in [-0.2, -0.15) is 0 Å². The number of carbonyl (C=O) groups excluding carboxylic acids is 1. The fraction of sp³-hybridized carbons (Fsp3) is 0.882. The van der Waals surface area contributed by atoms with Crippen LogP contribution in [0.5, 0.6) is 0 Å². The molecule has 0 aliphatic carbocycles. The van der Waals surface area contributed by atoms with E-state index in [-0.39, 0.29) is 42.5 Å². The van der Waals surface area contributed by atoms with Crippen LogP contribution in [0, 0.1) is 0 Å². The summed E-state index contributed by atoms with van der Waals surface area (Å²) in [6.07, 6.45) is 7.29. The predicted octanol–water partition coefficient (Wildman–Crippen LogP) is 1.37. The second-order valence-electron chi connectivity index (χ2n) is 6.67. The summed E-state index contributed by atoms with van der Waals surface area (Å²) in [5.41, 5.74) is 0. The maximum atomic E-state index is 11.7. The number of nitrogens with zero attached hydrogens (tertiary/aromatic N) is 2. The Bertz CT molecular complexity index is 409. The summed E-state index contributed by atoms with van der Waals surface area (Å²) in [5.74, 6) is 0.667. The number of rotatable bonds is 7. The minimum absolute atomic E-state index is 0. The van der Waals surface area contributed by atoms with Gasteiger partial charge in [0.15, 0.2) is 5.96 Å². The number of ether oxygens (including phenoxy) is 2. The molecule has 7 nitrogen and oxygen atoms in total. The van der Waals surface area contributed by atoms with Crippen molar-refractivity contribution < 1.29 is 14.3 Å². The molecular weight excluding hydrogens is 435 g/mol. The quantitative estimate of drug-likeness (QED) is 0.336. The number of hydrogen-bond acceptors (Lipinski definition) is 4. The number of amides is 1. The van der Waals surface area contributed by atoms with Crippen LogP contribution < -0.4 is 10.6 Å². The van der Waals surface area contributed by atoms with E-state index in [1.165, 1.54) is 12.8 Å². The van der Waals surface area contributed by atoms with Crippen LogP contribution in [0.4, 0.5) is 0 Å². The van der Waals surface area contributed by atoms with E-state index in [4.69, 9.17) is 9.47 Å². The van der Waals surface area contributed by atoms with Gasteiger partial charge in [0, 0.05) is 40.4 Å². The minimum atomic E-state index is -0.0103. The molecule has 25 heavy (non-hydrogen) atoms. The summed E-state index contributed by atoms with van der Waals surface area (Å²) >= 11 is 0. The highest BCUT2D eigenvalue weighted by Gasteiger charge is 2.17. The third-order valence-corrected chi connectivity index (χ3v) is 4.43. The lowest BCUT2D eigenvalue weighted by molar-refractivity contribution is -0.127. The molecule has 2 unspecified atom stereocenters. The zero-order valence-electron chi connectivity index (χ0n) is 15.5. The fourth-order valence-electron chi connectivity index (χ4n) is 2.86. The number of carbonyl (C=O) groups is 1. The number of halogens is 1. The van der Waals surface area contributed by atoms with Crippen molar-refractivity contribution in [3.8, 4) is 0 Å². The van der Waals surface area contributed by atoms with Gasteiger partial charge in [-0.1, -0.05) is 0 Å². The fourth-order valence-corrected chi connectivity index (χ4v) is 2.86. The third-order valence-electron chi connectivity index (χ3n) is 4.43. The maximum Gasteiger partial charge on any atom is 0.243 e. The van der Waals surface area contributed by atoms with Gasteiger partial charge in [0.05, 0.1) is 12.2 Å². The Morgan fingerprint density at radius 3 is 2.44 bits per heavy atom. The zero-order valence-corrected chi connectivity index (χ0v) is 17.8. The summed E-state index contributed by atoms with van der Waals surface area (Å²) < 4.78 is 11.4. The average molecular weight is 468 g/mol. The second kappa shape index (κ2) is 12.7. The molecule has 0 bridgehead atoms. The molecule has 0 spiro atoms. The van der Waals surface area contributed by atoms with E-state index in [1.807, 2.05) is 0 Å². The summed E-state index contributed by atoms with van der Waals surface area (Å²) in [5, 5.41) is 6.61. The second-order valence-corrected chi connectivity index (χ2v) is 6.67. The molecule has 2 aliphatic rings. The molecule has 0 saturated carbocycles. The maximum absolute atomic E-state index is 11.7. The zero-order chi connectivity index (χ0) is 17.2. The van der Waals surface area contributed by atoms with Crippen molar-refractivity contribution in [1.29, 1.82) is 0 Å². The van der Waals surface area contributed by atoms with Gasteiger partial charge in [-0.15, -0.1) is 24.0 Å². The van der Waals surface area contributed by atoms with Gasteiger partial charge in [0.2, 0.25) is 5.91 Å². The number of nitrogens with one attached hydrogen (secondary N) is 2. The first-order valence-corrected chi connectivity index (χ1v) is 9.10. The molecule has 2 aliphatic heterocycles. The lowest BCUT2D eigenvalue weighted by Crippen LogP contribution is -2.43. The van der Waals surface area contributed by atoms with Crippen molar-refractivity contribution >= 4 is 35.8 Å². The molecule has 0 aromatic rings. The Morgan fingerprint density at radius 2 is 1.80 bits per heavy atom. The molecule has 2 rings (SSSR count). The lowest BCUT2D eigenvalue weighted by atomic mass is 10.1. The highest BCUT2D eigenvalue weighted by atomic mass is 127. The molecule has 146 valence electrons. The molecule has 0 radical (unpaired) electrons. The van der Waals surface area contributed by atoms with E-state index >= 15 is 0 Å². The van der Waals surface area contributed by atoms with Crippen molar-refractivity contribution in [3.63, 3.8) is 0 Å². The molecule has 1 amide bonds. The Labute approximate surface area is 168 Å². The van der Waals surface area contributed by atoms with Crippen LogP contribution in [-0.4, -0.2) is 75.9 Å². The van der Waals surface area contributed by atoms with Crippen LogP contribution in [0.2, 0.25) is 0 Å². The smallest absolute Gasteiger partial charge is 0.243 e. The van der Waals surface area contributed by atoms with Gasteiger partial charge in [-0.25, -0.2) is 4.99 Å². The van der Waals surface area contributed by atoms with Crippen molar-refractivity contribution in [2.45, 2.75) is 50.7 Å². The van der Waals surface area contributed by atoms with Crippen molar-refractivity contribution in [2.75, 3.05) is 46.9 Å². The van der Waals surface area contributed by atoms with E-state index in [2.05, 4.69) is 15.6 Å². The first-order chi connectivity index (χ1) is 11.6. The summed E-state index contributed by atoms with van der Waals surface area (Å²) in [6, 6.07) is 0. The van der Waals surface area contributed by atoms with Crippen molar-refractivity contribution in [1.82, 2.24) is 15.5 Å². The van der Waals surface area contributed by atoms with Gasteiger partial charge < -0.3 is 25.0 Å². The molecule has 2 saturated heterocycles. The Balaban J connectivity index is 0.00000312. The van der Waals surface area contributed by atoms with Crippen LogP contribution in [0.1, 0.15) is 38.5 Å². The average Bonchev–Trinajstić information content (AvgIpc) is 3.10. The van der Waals surface area contributed by atoms with E-state index in [0.29, 0.717) is 12.1 Å². The molecule has 2 N–H and O–H groups in total. The van der Waals surface area contributed by atoms with Crippen molar-refractivity contribution in [3.05, 3.63) is 0 Å². The van der Waals surface area contributed by atoms with Crippen LogP contribution in [0.3, 0.4) is 0 Å². The highest BCUT2D eigenvalue weighted by Crippen LogP contribution is 2.14. The van der Waals surface area contributed by atoms with Gasteiger partial charge in [0.1, 0.15) is 6.54 Å². The van der Waals surface area contributed by atoms with Gasteiger partial charge in [-0.05, 0) is 38.5 Å². The normalized spacial score (nSPS) is 23.7. The van der Waals surface area contributed by atoms with Crippen LogP contribution >= 0.6 is 24.0 Å². The Hall–Kier alpha value is -0.610.